The van der Waals surface area contributed by atoms with Crippen LogP contribution in [0.2, 0.25) is 0 Å². The summed E-state index contributed by atoms with van der Waals surface area (Å²) < 4.78 is 6.83. The zero-order valence-corrected chi connectivity index (χ0v) is 27.6. The van der Waals surface area contributed by atoms with E-state index in [1.807, 2.05) is 70.5 Å². The van der Waals surface area contributed by atoms with Gasteiger partial charge in [-0.05, 0) is 49.2 Å². The Balaban J connectivity index is 1.12. The topological polar surface area (TPSA) is 56.3 Å². The summed E-state index contributed by atoms with van der Waals surface area (Å²) in [6.45, 7) is 10.1. The summed E-state index contributed by atoms with van der Waals surface area (Å²) in [5, 5.41) is 0. The van der Waals surface area contributed by atoms with E-state index in [0.717, 1.165) is 37.3 Å². The van der Waals surface area contributed by atoms with E-state index in [1.165, 1.54) is 22.5 Å². The van der Waals surface area contributed by atoms with Crippen LogP contribution in [0, 0.1) is 13.8 Å². The van der Waals surface area contributed by atoms with E-state index in [0.29, 0.717) is 26.2 Å². The summed E-state index contributed by atoms with van der Waals surface area (Å²) in [4.78, 5) is 36.1. The molecule has 4 aromatic rings. The van der Waals surface area contributed by atoms with Crippen molar-refractivity contribution in [3.8, 4) is 0 Å². The van der Waals surface area contributed by atoms with E-state index >= 15 is 0 Å². The summed E-state index contributed by atoms with van der Waals surface area (Å²) in [5.41, 5.74) is 6.76. The summed E-state index contributed by atoms with van der Waals surface area (Å²) in [7, 11) is 0. The number of anilines is 2. The van der Waals surface area contributed by atoms with Gasteiger partial charge in [-0.2, -0.15) is 0 Å². The summed E-state index contributed by atoms with van der Waals surface area (Å²) in [6, 6.07) is 37.1. The fourth-order valence-corrected chi connectivity index (χ4v) is 6.54. The van der Waals surface area contributed by atoms with Crippen LogP contribution in [-0.4, -0.2) is 74.0 Å². The van der Waals surface area contributed by atoms with Gasteiger partial charge in [-0.3, -0.25) is 9.59 Å². The van der Waals surface area contributed by atoms with E-state index < -0.39 is 12.2 Å². The molecule has 0 aromatic heterocycles. The Kier molecular flexibility index (Phi) is 10.5. The molecule has 7 heteroatoms. The third-order valence-corrected chi connectivity index (χ3v) is 9.45. The van der Waals surface area contributed by atoms with Gasteiger partial charge in [0, 0.05) is 63.7 Å². The van der Waals surface area contributed by atoms with Crippen molar-refractivity contribution in [2.75, 3.05) is 62.2 Å². The van der Waals surface area contributed by atoms with E-state index in [-0.39, 0.29) is 24.7 Å². The molecule has 0 N–H and O–H groups in total. The van der Waals surface area contributed by atoms with Gasteiger partial charge in [0.25, 0.3) is 0 Å². The zero-order valence-electron chi connectivity index (χ0n) is 27.6. The van der Waals surface area contributed by atoms with Gasteiger partial charge in [-0.25, -0.2) is 0 Å². The van der Waals surface area contributed by atoms with Crippen LogP contribution >= 0.6 is 0 Å². The molecular formula is C40H46N4O3. The van der Waals surface area contributed by atoms with E-state index in [9.17, 15) is 9.59 Å². The molecule has 0 aliphatic carbocycles. The highest BCUT2D eigenvalue weighted by atomic mass is 16.5. The number of hydrogen-bond acceptors (Lipinski definition) is 5. The summed E-state index contributed by atoms with van der Waals surface area (Å²) in [5.74, 6) is 0.153. The highest BCUT2D eigenvalue weighted by Gasteiger charge is 2.30. The average Bonchev–Trinajstić information content (AvgIpc) is 3.12. The first-order valence-corrected chi connectivity index (χ1v) is 16.9. The fraction of sp³-hybridized carbons (Fsp3) is 0.350. The van der Waals surface area contributed by atoms with Gasteiger partial charge < -0.3 is 24.3 Å². The van der Waals surface area contributed by atoms with E-state index in [2.05, 4.69) is 72.2 Å². The number of hydrogen-bond donors (Lipinski definition) is 0. The quantitative estimate of drug-likeness (QED) is 0.198. The summed E-state index contributed by atoms with van der Waals surface area (Å²) >= 11 is 0. The highest BCUT2D eigenvalue weighted by molar-refractivity contribution is 5.78. The maximum atomic E-state index is 13.8. The van der Waals surface area contributed by atoms with Crippen molar-refractivity contribution < 1.29 is 14.3 Å². The van der Waals surface area contributed by atoms with Gasteiger partial charge in [-0.15, -0.1) is 0 Å². The van der Waals surface area contributed by atoms with Crippen LogP contribution in [0.15, 0.2) is 109 Å². The second-order valence-corrected chi connectivity index (χ2v) is 12.7. The minimum absolute atomic E-state index is 0.0766. The molecule has 7 nitrogen and oxygen atoms in total. The van der Waals surface area contributed by atoms with Crippen LogP contribution in [0.4, 0.5) is 11.4 Å². The van der Waals surface area contributed by atoms with Gasteiger partial charge >= 0.3 is 0 Å². The molecule has 2 aliphatic rings. The van der Waals surface area contributed by atoms with Gasteiger partial charge in [0.2, 0.25) is 11.8 Å². The molecule has 2 saturated heterocycles. The molecule has 2 amide bonds. The van der Waals surface area contributed by atoms with Gasteiger partial charge in [0.05, 0.1) is 25.0 Å². The minimum Gasteiger partial charge on any atom is -0.368 e. The van der Waals surface area contributed by atoms with Crippen molar-refractivity contribution in [3.05, 3.63) is 131 Å². The Morgan fingerprint density at radius 2 is 0.851 bits per heavy atom. The maximum Gasteiger partial charge on any atom is 0.225 e. The molecule has 2 heterocycles. The fourth-order valence-electron chi connectivity index (χ4n) is 6.54. The first kappa shape index (κ1) is 32.3. The van der Waals surface area contributed by atoms with Crippen LogP contribution < -0.4 is 9.80 Å². The van der Waals surface area contributed by atoms with Gasteiger partial charge in [-0.1, -0.05) is 96.1 Å². The maximum absolute atomic E-state index is 13.8. The van der Waals surface area contributed by atoms with Gasteiger partial charge in [0.1, 0.15) is 0 Å². The number of aryl methyl sites for hydroxylation is 2. The lowest BCUT2D eigenvalue weighted by Gasteiger charge is -2.37. The lowest BCUT2D eigenvalue weighted by atomic mass is 10.0. The third kappa shape index (κ3) is 8.40. The Morgan fingerprint density at radius 1 is 0.511 bits per heavy atom. The highest BCUT2D eigenvalue weighted by Crippen LogP contribution is 2.33. The number of piperazine rings is 2. The molecule has 2 aliphatic heterocycles. The van der Waals surface area contributed by atoms with Crippen molar-refractivity contribution >= 4 is 23.2 Å². The molecule has 47 heavy (non-hydrogen) atoms. The zero-order chi connectivity index (χ0) is 32.6. The molecule has 2 fully saturated rings. The third-order valence-electron chi connectivity index (χ3n) is 9.45. The molecule has 244 valence electrons. The molecular weight excluding hydrogens is 584 g/mol. The second-order valence-electron chi connectivity index (χ2n) is 12.7. The van der Waals surface area contributed by atoms with Crippen molar-refractivity contribution in [1.82, 2.24) is 9.80 Å². The average molecular weight is 631 g/mol. The normalized spacial score (nSPS) is 16.6. The number of carbonyl (C=O) groups is 2. The largest absolute Gasteiger partial charge is 0.368 e. The van der Waals surface area contributed by atoms with Crippen molar-refractivity contribution in [1.29, 1.82) is 0 Å². The smallest absolute Gasteiger partial charge is 0.225 e. The lowest BCUT2D eigenvalue weighted by molar-refractivity contribution is -0.139. The molecule has 6 rings (SSSR count). The lowest BCUT2D eigenvalue weighted by Crippen LogP contribution is -2.49. The second kappa shape index (κ2) is 15.3. The number of carbonyl (C=O) groups excluding carboxylic acids is 2. The molecule has 2 atom stereocenters. The molecule has 0 bridgehead atoms. The van der Waals surface area contributed by atoms with Gasteiger partial charge in [0.15, 0.2) is 0 Å². The van der Waals surface area contributed by atoms with E-state index in [1.54, 1.807) is 0 Å². The van der Waals surface area contributed by atoms with Crippen LogP contribution in [-0.2, 0) is 14.3 Å². The van der Waals surface area contributed by atoms with Crippen molar-refractivity contribution in [2.24, 2.45) is 0 Å². The molecule has 2 unspecified atom stereocenters. The monoisotopic (exact) mass is 630 g/mol. The first-order chi connectivity index (χ1) is 22.9. The SMILES string of the molecule is Cc1ccc(N2CCN(C(=O)CC(OC(CC(=O)N3CCN(c4ccc(C)cc4)CC3)c3ccccc3)c3ccccc3)CC2)cc1. The van der Waals surface area contributed by atoms with Crippen molar-refractivity contribution in [2.45, 2.75) is 38.9 Å². The van der Waals surface area contributed by atoms with Crippen LogP contribution in [0.25, 0.3) is 0 Å². The molecule has 4 aromatic carbocycles. The number of benzene rings is 4. The van der Waals surface area contributed by atoms with Crippen LogP contribution in [0.3, 0.4) is 0 Å². The molecule has 0 spiro atoms. The predicted molar refractivity (Wildman–Crippen MR) is 189 cm³/mol. The number of rotatable bonds is 10. The summed E-state index contributed by atoms with van der Waals surface area (Å²) in [6.07, 6.45) is -0.506. The van der Waals surface area contributed by atoms with Crippen LogP contribution in [0.5, 0.6) is 0 Å². The first-order valence-electron chi connectivity index (χ1n) is 16.9. The number of amides is 2. The number of ether oxygens (including phenoxy) is 1. The van der Waals surface area contributed by atoms with Crippen molar-refractivity contribution in [3.63, 3.8) is 0 Å². The predicted octanol–water partition coefficient (Wildman–Crippen LogP) is 6.58. The Morgan fingerprint density at radius 3 is 1.19 bits per heavy atom. The number of nitrogens with zero attached hydrogens (tertiary/aromatic N) is 4. The Labute approximate surface area is 279 Å². The standard InChI is InChI=1S/C40H46N4O3/c1-31-13-17-35(18-14-31)41-21-25-43(26-22-41)39(45)29-37(33-9-5-3-6-10-33)47-38(34-11-7-4-8-12-34)30-40(46)44-27-23-42(24-28-44)36-19-15-32(2)16-20-36/h3-20,37-38H,21-30H2,1-2H3. The van der Waals surface area contributed by atoms with Crippen LogP contribution in [0.1, 0.15) is 47.3 Å². The Bertz CT molecular complexity index is 1460. The molecule has 0 saturated carbocycles. The minimum atomic E-state index is -0.477. The Hall–Kier alpha value is -4.62. The van der Waals surface area contributed by atoms with E-state index in [4.69, 9.17) is 4.74 Å². The molecule has 0 radical (unpaired) electrons.